The van der Waals surface area contributed by atoms with Crippen LogP contribution < -0.4 is 10.5 Å². The number of nitrogens with two attached hydrogens (primary N) is 1. The van der Waals surface area contributed by atoms with E-state index in [2.05, 4.69) is 21.6 Å². The molecule has 0 saturated carbocycles. The van der Waals surface area contributed by atoms with Gasteiger partial charge in [-0.3, -0.25) is 9.20 Å². The third-order valence-corrected chi connectivity index (χ3v) is 6.75. The van der Waals surface area contributed by atoms with Crippen LogP contribution in [0.1, 0.15) is 11.1 Å². The van der Waals surface area contributed by atoms with Crippen molar-refractivity contribution in [1.82, 2.24) is 19.9 Å². The Balaban J connectivity index is 1.36. The lowest BCUT2D eigenvalue weighted by Gasteiger charge is -2.08. The molecule has 0 saturated heterocycles. The van der Waals surface area contributed by atoms with Gasteiger partial charge in [-0.2, -0.15) is 0 Å². The van der Waals surface area contributed by atoms with Crippen LogP contribution in [-0.4, -0.2) is 41.2 Å². The normalized spacial score (nSPS) is 11.8. The van der Waals surface area contributed by atoms with Crippen molar-refractivity contribution in [2.45, 2.75) is 23.4 Å². The fourth-order valence-corrected chi connectivity index (χ4v) is 4.64. The van der Waals surface area contributed by atoms with Gasteiger partial charge < -0.3 is 5.32 Å². The summed E-state index contributed by atoms with van der Waals surface area (Å²) in [6, 6.07) is 16.3. The number of rotatable bonds is 7. The molecule has 0 spiro atoms. The Labute approximate surface area is 183 Å². The zero-order valence-electron chi connectivity index (χ0n) is 16.8. The maximum absolute atomic E-state index is 12.3. The molecule has 4 aromatic rings. The van der Waals surface area contributed by atoms with Crippen LogP contribution in [0.4, 0.5) is 0 Å². The van der Waals surface area contributed by atoms with Crippen LogP contribution in [0.3, 0.4) is 0 Å². The minimum absolute atomic E-state index is 0.0694. The number of nitrogens with one attached hydrogen (secondary N) is 1. The molecule has 0 radical (unpaired) electrons. The number of para-hydroxylation sites is 1. The maximum atomic E-state index is 12.3. The number of nitrogens with zero attached hydrogens (tertiary/aromatic N) is 3. The van der Waals surface area contributed by atoms with Gasteiger partial charge in [0.05, 0.1) is 16.2 Å². The van der Waals surface area contributed by atoms with E-state index in [4.69, 9.17) is 5.14 Å². The van der Waals surface area contributed by atoms with E-state index in [9.17, 15) is 13.2 Å². The number of amides is 1. The Morgan fingerprint density at radius 2 is 1.87 bits per heavy atom. The number of carbonyl (C=O) groups excluding carboxylic acids is 1. The van der Waals surface area contributed by atoms with Gasteiger partial charge in [-0.15, -0.1) is 10.2 Å². The average molecular weight is 456 g/mol. The van der Waals surface area contributed by atoms with E-state index >= 15 is 0 Å². The van der Waals surface area contributed by atoms with Gasteiger partial charge in [0, 0.05) is 11.9 Å². The van der Waals surface area contributed by atoms with Gasteiger partial charge in [-0.1, -0.05) is 42.1 Å². The first-order chi connectivity index (χ1) is 14.8. The molecule has 2 aromatic heterocycles. The smallest absolute Gasteiger partial charge is 0.238 e. The van der Waals surface area contributed by atoms with Crippen molar-refractivity contribution in [2.24, 2.45) is 5.14 Å². The van der Waals surface area contributed by atoms with Crippen LogP contribution >= 0.6 is 11.8 Å². The van der Waals surface area contributed by atoms with Crippen molar-refractivity contribution in [3.05, 3.63) is 65.7 Å². The second-order valence-corrected chi connectivity index (χ2v) is 9.60. The summed E-state index contributed by atoms with van der Waals surface area (Å²) in [5.41, 5.74) is 3.79. The van der Waals surface area contributed by atoms with Gasteiger partial charge in [-0.25, -0.2) is 13.6 Å². The van der Waals surface area contributed by atoms with Gasteiger partial charge in [0.25, 0.3) is 0 Å². The number of thioether (sulfide) groups is 1. The second kappa shape index (κ2) is 8.66. The summed E-state index contributed by atoms with van der Waals surface area (Å²) >= 11 is 1.33. The van der Waals surface area contributed by atoms with Crippen molar-refractivity contribution in [3.63, 3.8) is 0 Å². The molecule has 3 N–H and O–H groups in total. The minimum Gasteiger partial charge on any atom is -0.355 e. The Kier molecular flexibility index (Phi) is 5.94. The van der Waals surface area contributed by atoms with Gasteiger partial charge >= 0.3 is 0 Å². The number of fused-ring (bicyclic) bond motifs is 3. The highest BCUT2D eigenvalue weighted by molar-refractivity contribution is 7.99. The van der Waals surface area contributed by atoms with Crippen molar-refractivity contribution in [1.29, 1.82) is 0 Å². The number of carbonyl (C=O) groups is 1. The monoisotopic (exact) mass is 455 g/mol. The number of sulfonamides is 1. The lowest BCUT2D eigenvalue weighted by molar-refractivity contribution is -0.118. The van der Waals surface area contributed by atoms with Gasteiger partial charge in [0.1, 0.15) is 0 Å². The van der Waals surface area contributed by atoms with E-state index in [0.717, 1.165) is 27.7 Å². The van der Waals surface area contributed by atoms with E-state index in [-0.39, 0.29) is 16.6 Å². The second-order valence-electron chi connectivity index (χ2n) is 7.10. The molecule has 0 aliphatic rings. The van der Waals surface area contributed by atoms with Crippen molar-refractivity contribution in [2.75, 3.05) is 12.3 Å². The molecular formula is C21H21N5O3S2. The van der Waals surface area contributed by atoms with E-state index in [0.29, 0.717) is 18.1 Å². The maximum Gasteiger partial charge on any atom is 0.238 e. The highest BCUT2D eigenvalue weighted by Gasteiger charge is 2.13. The number of aryl methyl sites for hydroxylation is 1. The average Bonchev–Trinajstić information content (AvgIpc) is 3.15. The molecule has 1 amide bonds. The molecule has 10 heteroatoms. The van der Waals surface area contributed by atoms with E-state index < -0.39 is 10.0 Å². The molecule has 0 fully saturated rings. The standard InChI is InChI=1S/C21H21N5O3S2/c1-14-12-19-24-25-21(26(19)18-5-3-2-4-17(14)18)30-13-20(27)23-11-10-15-6-8-16(9-7-15)31(22,28)29/h2-9,12H,10-11,13H2,1H3,(H,23,27)(H2,22,28,29). The number of aromatic nitrogens is 3. The van der Waals surface area contributed by atoms with Crippen molar-refractivity contribution >= 4 is 44.2 Å². The molecule has 0 bridgehead atoms. The Hall–Kier alpha value is -2.95. The van der Waals surface area contributed by atoms with Crippen LogP contribution in [0.5, 0.6) is 0 Å². The van der Waals surface area contributed by atoms with Crippen LogP contribution in [0, 0.1) is 6.92 Å². The highest BCUT2D eigenvalue weighted by Crippen LogP contribution is 2.25. The zero-order chi connectivity index (χ0) is 22.0. The summed E-state index contributed by atoms with van der Waals surface area (Å²) < 4.78 is 24.6. The predicted octanol–water partition coefficient (Wildman–Crippen LogP) is 2.29. The largest absolute Gasteiger partial charge is 0.355 e. The quantitative estimate of drug-likeness (QED) is 0.413. The molecule has 160 valence electrons. The van der Waals surface area contributed by atoms with Crippen LogP contribution in [0.25, 0.3) is 16.6 Å². The number of primary sulfonamides is 1. The summed E-state index contributed by atoms with van der Waals surface area (Å²) in [7, 11) is -3.70. The van der Waals surface area contributed by atoms with Crippen molar-refractivity contribution < 1.29 is 13.2 Å². The van der Waals surface area contributed by atoms with E-state index in [1.165, 1.54) is 23.9 Å². The summed E-state index contributed by atoms with van der Waals surface area (Å²) in [6.45, 7) is 2.48. The highest BCUT2D eigenvalue weighted by atomic mass is 32.2. The zero-order valence-corrected chi connectivity index (χ0v) is 18.4. The first-order valence-electron chi connectivity index (χ1n) is 9.57. The fourth-order valence-electron chi connectivity index (χ4n) is 3.34. The summed E-state index contributed by atoms with van der Waals surface area (Å²) in [5.74, 6) is 0.104. The van der Waals surface area contributed by atoms with Crippen LogP contribution in [-0.2, 0) is 21.2 Å². The third-order valence-electron chi connectivity index (χ3n) is 4.89. The number of pyridine rings is 1. The number of hydrogen-bond acceptors (Lipinski definition) is 6. The summed E-state index contributed by atoms with van der Waals surface area (Å²) in [5, 5.41) is 18.2. The predicted molar refractivity (Wildman–Crippen MR) is 120 cm³/mol. The van der Waals surface area contributed by atoms with Gasteiger partial charge in [0.15, 0.2) is 10.8 Å². The molecule has 0 unspecified atom stereocenters. The van der Waals surface area contributed by atoms with Crippen LogP contribution in [0.2, 0.25) is 0 Å². The molecule has 0 aliphatic carbocycles. The minimum atomic E-state index is -3.70. The van der Waals surface area contributed by atoms with Gasteiger partial charge in [0.2, 0.25) is 15.9 Å². The SMILES string of the molecule is Cc1cc2nnc(SCC(=O)NCCc3ccc(S(N)(=O)=O)cc3)n2c2ccccc12. The molecule has 4 rings (SSSR count). The number of benzene rings is 2. The fraction of sp³-hybridized carbons (Fsp3) is 0.190. The molecule has 8 nitrogen and oxygen atoms in total. The lowest BCUT2D eigenvalue weighted by Crippen LogP contribution is -2.27. The Bertz CT molecular complexity index is 1370. The number of hydrogen-bond donors (Lipinski definition) is 2. The van der Waals surface area contributed by atoms with E-state index in [1.807, 2.05) is 35.6 Å². The van der Waals surface area contributed by atoms with Crippen LogP contribution in [0.15, 0.2) is 64.6 Å². The molecule has 2 aromatic carbocycles. The lowest BCUT2D eigenvalue weighted by atomic mass is 10.1. The van der Waals surface area contributed by atoms with Gasteiger partial charge in [-0.05, 0) is 48.7 Å². The summed E-state index contributed by atoms with van der Waals surface area (Å²) in [4.78, 5) is 12.4. The third kappa shape index (κ3) is 4.71. The topological polar surface area (TPSA) is 119 Å². The summed E-state index contributed by atoms with van der Waals surface area (Å²) in [6.07, 6.45) is 0.582. The van der Waals surface area contributed by atoms with Crippen molar-refractivity contribution in [3.8, 4) is 0 Å². The molecule has 0 atom stereocenters. The molecule has 0 aliphatic heterocycles. The molecular weight excluding hydrogens is 434 g/mol. The first-order valence-corrected chi connectivity index (χ1v) is 12.1. The Morgan fingerprint density at radius 3 is 2.61 bits per heavy atom. The molecule has 2 heterocycles. The van der Waals surface area contributed by atoms with E-state index in [1.54, 1.807) is 12.1 Å². The molecule has 31 heavy (non-hydrogen) atoms. The Morgan fingerprint density at radius 1 is 1.13 bits per heavy atom. The first kappa shape index (κ1) is 21.3.